The van der Waals surface area contributed by atoms with Crippen LogP contribution in [0.1, 0.15) is 45.1 Å². The molecular weight excluding hydrogens is 421 g/mol. The second-order valence-electron chi connectivity index (χ2n) is 8.15. The number of fused-ring (bicyclic) bond motifs is 1. The second-order valence-corrected chi connectivity index (χ2v) is 8.15. The Bertz CT molecular complexity index is 1070. The van der Waals surface area contributed by atoms with E-state index in [2.05, 4.69) is 10.4 Å². The Morgan fingerprint density at radius 2 is 2.03 bits per heavy atom. The maximum Gasteiger partial charge on any atom is 0.416 e. The summed E-state index contributed by atoms with van der Waals surface area (Å²) < 4.78 is 45.3. The fourth-order valence-electron chi connectivity index (χ4n) is 4.10. The number of halogens is 3. The van der Waals surface area contributed by atoms with Crippen molar-refractivity contribution in [3.8, 4) is 0 Å². The van der Waals surface area contributed by atoms with Crippen LogP contribution in [-0.4, -0.2) is 33.7 Å². The summed E-state index contributed by atoms with van der Waals surface area (Å²) >= 11 is 0. The number of alkyl halides is 3. The third-order valence-electron chi connectivity index (χ3n) is 5.85. The molecule has 0 spiro atoms. The van der Waals surface area contributed by atoms with E-state index in [1.807, 2.05) is 13.1 Å². The number of nitrogens with one attached hydrogen (secondary N) is 1. The maximum atomic E-state index is 13.1. The van der Waals surface area contributed by atoms with Crippen LogP contribution in [0.5, 0.6) is 0 Å². The number of hydrogen-bond donors (Lipinski definition) is 1. The zero-order valence-electron chi connectivity index (χ0n) is 17.9. The second kappa shape index (κ2) is 8.82. The van der Waals surface area contributed by atoms with Crippen LogP contribution in [0.4, 0.5) is 13.2 Å². The van der Waals surface area contributed by atoms with Crippen LogP contribution >= 0.6 is 0 Å². The molecule has 0 aliphatic heterocycles. The van der Waals surface area contributed by atoms with E-state index in [1.165, 1.54) is 12.1 Å². The molecule has 4 rings (SSSR count). The van der Waals surface area contributed by atoms with Crippen LogP contribution in [0.2, 0.25) is 0 Å². The summed E-state index contributed by atoms with van der Waals surface area (Å²) in [6, 6.07) is 8.89. The number of carbonyl (C=O) groups is 1. The van der Waals surface area contributed by atoms with Crippen molar-refractivity contribution in [1.82, 2.24) is 20.0 Å². The Morgan fingerprint density at radius 1 is 1.28 bits per heavy atom. The van der Waals surface area contributed by atoms with Crippen molar-refractivity contribution in [1.29, 1.82) is 0 Å². The lowest BCUT2D eigenvalue weighted by Crippen LogP contribution is -2.35. The molecule has 3 aromatic rings. The van der Waals surface area contributed by atoms with Gasteiger partial charge in [0.05, 0.1) is 18.4 Å². The van der Waals surface area contributed by atoms with Gasteiger partial charge in [-0.25, -0.2) is 0 Å². The van der Waals surface area contributed by atoms with Gasteiger partial charge in [-0.05, 0) is 49.1 Å². The Balaban J connectivity index is 1.42. The van der Waals surface area contributed by atoms with Gasteiger partial charge in [0.1, 0.15) is 5.76 Å². The number of nitrogens with zero attached hydrogens (tertiary/aromatic N) is 3. The Hall–Kier alpha value is -3.07. The van der Waals surface area contributed by atoms with Gasteiger partial charge in [0, 0.05) is 37.9 Å². The molecule has 6 nitrogen and oxygen atoms in total. The number of rotatable bonds is 6. The number of hydrogen-bond acceptors (Lipinski definition) is 4. The summed E-state index contributed by atoms with van der Waals surface area (Å²) in [5, 5.41) is 7.91. The summed E-state index contributed by atoms with van der Waals surface area (Å²) in [6.45, 7) is 0.812. The SMILES string of the molecule is CN(Cc1ccco1)C(=O)c1nn(C)c2c1CC(NCc1ccc(C(F)(F)F)cc1)CC2. The van der Waals surface area contributed by atoms with E-state index in [4.69, 9.17) is 4.42 Å². The Labute approximate surface area is 184 Å². The number of aryl methyl sites for hydroxylation is 1. The van der Waals surface area contributed by atoms with Crippen molar-refractivity contribution in [2.45, 2.75) is 44.6 Å². The monoisotopic (exact) mass is 446 g/mol. The quantitative estimate of drug-likeness (QED) is 0.623. The van der Waals surface area contributed by atoms with Crippen LogP contribution in [-0.2, 0) is 39.2 Å². The molecule has 1 aromatic carbocycles. The van der Waals surface area contributed by atoms with E-state index in [0.29, 0.717) is 31.0 Å². The van der Waals surface area contributed by atoms with E-state index >= 15 is 0 Å². The normalized spacial score (nSPS) is 16.1. The molecule has 1 amide bonds. The van der Waals surface area contributed by atoms with Crippen molar-refractivity contribution in [2.75, 3.05) is 7.05 Å². The lowest BCUT2D eigenvalue weighted by Gasteiger charge is -2.25. The van der Waals surface area contributed by atoms with Crippen molar-refractivity contribution < 1.29 is 22.4 Å². The van der Waals surface area contributed by atoms with E-state index in [-0.39, 0.29) is 11.9 Å². The molecule has 9 heteroatoms. The highest BCUT2D eigenvalue weighted by Crippen LogP contribution is 2.29. The van der Waals surface area contributed by atoms with E-state index < -0.39 is 11.7 Å². The molecule has 170 valence electrons. The Morgan fingerprint density at radius 3 is 2.69 bits per heavy atom. The standard InChI is InChI=1S/C23H25F3N4O2/c1-29(14-18-4-3-11-32-18)22(31)21-19-12-17(9-10-20(19)30(2)28-21)27-13-15-5-7-16(8-6-15)23(24,25)26/h3-8,11,17,27H,9-10,12-14H2,1-2H3. The minimum atomic E-state index is -4.33. The summed E-state index contributed by atoms with van der Waals surface area (Å²) in [5.74, 6) is 0.531. The van der Waals surface area contributed by atoms with Gasteiger partial charge < -0.3 is 14.6 Å². The Kier molecular flexibility index (Phi) is 6.10. The number of amides is 1. The van der Waals surface area contributed by atoms with Gasteiger partial charge in [-0.15, -0.1) is 0 Å². The van der Waals surface area contributed by atoms with Gasteiger partial charge >= 0.3 is 6.18 Å². The van der Waals surface area contributed by atoms with Crippen LogP contribution < -0.4 is 5.32 Å². The first-order valence-electron chi connectivity index (χ1n) is 10.4. The predicted molar refractivity (Wildman–Crippen MR) is 112 cm³/mol. The molecular formula is C23H25F3N4O2. The average molecular weight is 446 g/mol. The number of furan rings is 1. The van der Waals surface area contributed by atoms with Gasteiger partial charge in [-0.2, -0.15) is 18.3 Å². The minimum absolute atomic E-state index is 0.107. The van der Waals surface area contributed by atoms with Crippen LogP contribution in [0.25, 0.3) is 0 Å². The summed E-state index contributed by atoms with van der Waals surface area (Å²) in [5.41, 5.74) is 2.55. The number of benzene rings is 1. The molecule has 32 heavy (non-hydrogen) atoms. The zero-order valence-corrected chi connectivity index (χ0v) is 17.9. The topological polar surface area (TPSA) is 63.3 Å². The van der Waals surface area contributed by atoms with Gasteiger partial charge in [-0.1, -0.05) is 12.1 Å². The predicted octanol–water partition coefficient (Wildman–Crippen LogP) is 3.95. The van der Waals surface area contributed by atoms with Crippen molar-refractivity contribution >= 4 is 5.91 Å². The first-order valence-corrected chi connectivity index (χ1v) is 10.4. The fraction of sp³-hybridized carbons (Fsp3) is 0.391. The highest BCUT2D eigenvalue weighted by Gasteiger charge is 2.31. The lowest BCUT2D eigenvalue weighted by atomic mass is 9.91. The molecule has 2 heterocycles. The molecule has 2 aromatic heterocycles. The molecule has 1 unspecified atom stereocenters. The van der Waals surface area contributed by atoms with E-state index in [1.54, 1.807) is 29.0 Å². The lowest BCUT2D eigenvalue weighted by molar-refractivity contribution is -0.137. The van der Waals surface area contributed by atoms with Crippen molar-refractivity contribution in [3.63, 3.8) is 0 Å². The molecule has 0 radical (unpaired) electrons. The van der Waals surface area contributed by atoms with Crippen molar-refractivity contribution in [3.05, 3.63) is 76.5 Å². The van der Waals surface area contributed by atoms with Gasteiger partial charge in [0.25, 0.3) is 5.91 Å². The molecule has 0 bridgehead atoms. The number of aromatic nitrogens is 2. The molecule has 0 saturated heterocycles. The number of carbonyl (C=O) groups excluding carboxylic acids is 1. The molecule has 1 aliphatic rings. The summed E-state index contributed by atoms with van der Waals surface area (Å²) in [6.07, 6.45) is -0.483. The third kappa shape index (κ3) is 4.72. The molecule has 1 N–H and O–H groups in total. The smallest absolute Gasteiger partial charge is 0.416 e. The minimum Gasteiger partial charge on any atom is -0.467 e. The van der Waals surface area contributed by atoms with Gasteiger partial charge in [-0.3, -0.25) is 9.48 Å². The van der Waals surface area contributed by atoms with E-state index in [9.17, 15) is 18.0 Å². The van der Waals surface area contributed by atoms with Gasteiger partial charge in [0.2, 0.25) is 0 Å². The first kappa shape index (κ1) is 22.1. The van der Waals surface area contributed by atoms with E-state index in [0.717, 1.165) is 41.8 Å². The van der Waals surface area contributed by atoms with Crippen LogP contribution in [0.3, 0.4) is 0 Å². The zero-order chi connectivity index (χ0) is 22.9. The van der Waals surface area contributed by atoms with Gasteiger partial charge in [0.15, 0.2) is 5.69 Å². The molecule has 1 aliphatic carbocycles. The first-order chi connectivity index (χ1) is 15.2. The van der Waals surface area contributed by atoms with Crippen LogP contribution in [0.15, 0.2) is 47.1 Å². The molecule has 0 fully saturated rings. The largest absolute Gasteiger partial charge is 0.467 e. The highest BCUT2D eigenvalue weighted by atomic mass is 19.4. The van der Waals surface area contributed by atoms with Crippen LogP contribution in [0, 0.1) is 0 Å². The van der Waals surface area contributed by atoms with Crippen molar-refractivity contribution in [2.24, 2.45) is 7.05 Å². The summed E-state index contributed by atoms with van der Waals surface area (Å²) in [7, 11) is 3.56. The molecule has 0 saturated carbocycles. The highest BCUT2D eigenvalue weighted by molar-refractivity contribution is 5.94. The fourth-order valence-corrected chi connectivity index (χ4v) is 4.10. The summed E-state index contributed by atoms with van der Waals surface area (Å²) in [4.78, 5) is 14.6. The maximum absolute atomic E-state index is 13.1. The molecule has 1 atom stereocenters. The average Bonchev–Trinajstić information content (AvgIpc) is 3.39. The third-order valence-corrected chi connectivity index (χ3v) is 5.85.